The van der Waals surface area contributed by atoms with Gasteiger partial charge in [0.15, 0.2) is 5.78 Å². The fraction of sp³-hybridized carbons (Fsp3) is 0.286. The number of hydrogen-bond donors (Lipinski definition) is 0. The topological polar surface area (TPSA) is 20.3 Å². The summed E-state index contributed by atoms with van der Waals surface area (Å²) in [6.45, 7) is 3.23. The molecule has 0 amide bonds. The number of benzene rings is 2. The lowest BCUT2D eigenvalue weighted by molar-refractivity contribution is 0.104. The molecule has 0 aliphatic carbocycles. The summed E-state index contributed by atoms with van der Waals surface area (Å²) in [5, 5.41) is 0. The van der Waals surface area contributed by atoms with Gasteiger partial charge in [0.05, 0.1) is 0 Å². The average Bonchev–Trinajstić information content (AvgIpc) is 2.62. The highest BCUT2D eigenvalue weighted by atomic mass is 16.1. The zero-order chi connectivity index (χ0) is 15.9. The van der Waals surface area contributed by atoms with Gasteiger partial charge in [0.2, 0.25) is 0 Å². The van der Waals surface area contributed by atoms with E-state index in [9.17, 15) is 4.79 Å². The van der Waals surface area contributed by atoms with Crippen molar-refractivity contribution in [3.05, 3.63) is 83.9 Å². The standard InChI is InChI=1S/C21H23NO/c23-21(20-9-5-2-6-10-20)12-11-18-13-15-22(16-14-18)17-19-7-3-1-4-8-19/h1-12,18H,13-17H2/b12-11+. The van der Waals surface area contributed by atoms with Gasteiger partial charge in [-0.15, -0.1) is 0 Å². The Morgan fingerprint density at radius 1 is 0.957 bits per heavy atom. The molecule has 1 fully saturated rings. The highest BCUT2D eigenvalue weighted by Gasteiger charge is 2.17. The van der Waals surface area contributed by atoms with E-state index in [-0.39, 0.29) is 5.78 Å². The third kappa shape index (κ3) is 4.64. The van der Waals surface area contributed by atoms with Crippen LogP contribution in [0.1, 0.15) is 28.8 Å². The zero-order valence-electron chi connectivity index (χ0n) is 13.4. The summed E-state index contributed by atoms with van der Waals surface area (Å²) in [6.07, 6.45) is 6.12. The summed E-state index contributed by atoms with van der Waals surface area (Å²) in [6, 6.07) is 20.1. The highest BCUT2D eigenvalue weighted by molar-refractivity contribution is 6.04. The second-order valence-electron chi connectivity index (χ2n) is 6.19. The van der Waals surface area contributed by atoms with Gasteiger partial charge in [0.1, 0.15) is 0 Å². The Bertz CT molecular complexity index is 640. The minimum absolute atomic E-state index is 0.109. The van der Waals surface area contributed by atoms with Gasteiger partial charge in [-0.1, -0.05) is 66.7 Å². The Labute approximate surface area is 138 Å². The van der Waals surface area contributed by atoms with Crippen LogP contribution in [0.2, 0.25) is 0 Å². The van der Waals surface area contributed by atoms with Crippen LogP contribution in [-0.4, -0.2) is 23.8 Å². The van der Waals surface area contributed by atoms with Gasteiger partial charge in [-0.2, -0.15) is 0 Å². The van der Waals surface area contributed by atoms with Crippen molar-refractivity contribution in [2.75, 3.05) is 13.1 Å². The zero-order valence-corrected chi connectivity index (χ0v) is 13.4. The Hall–Kier alpha value is -2.19. The normalized spacial score (nSPS) is 16.7. The lowest BCUT2D eigenvalue weighted by atomic mass is 9.95. The number of hydrogen-bond acceptors (Lipinski definition) is 2. The van der Waals surface area contributed by atoms with Crippen LogP contribution < -0.4 is 0 Å². The number of allylic oxidation sites excluding steroid dienone is 2. The van der Waals surface area contributed by atoms with E-state index in [0.29, 0.717) is 5.92 Å². The molecule has 1 heterocycles. The summed E-state index contributed by atoms with van der Waals surface area (Å²) in [7, 11) is 0. The van der Waals surface area contributed by atoms with E-state index in [2.05, 4.69) is 41.3 Å². The Kier molecular flexibility index (Phi) is 5.38. The van der Waals surface area contributed by atoms with E-state index >= 15 is 0 Å². The summed E-state index contributed by atoms with van der Waals surface area (Å²) in [4.78, 5) is 14.6. The second kappa shape index (κ2) is 7.89. The Morgan fingerprint density at radius 2 is 1.57 bits per heavy atom. The summed E-state index contributed by atoms with van der Waals surface area (Å²) in [5.41, 5.74) is 2.14. The molecule has 23 heavy (non-hydrogen) atoms. The first kappa shape index (κ1) is 15.7. The second-order valence-corrected chi connectivity index (χ2v) is 6.19. The first-order chi connectivity index (χ1) is 11.3. The monoisotopic (exact) mass is 305 g/mol. The summed E-state index contributed by atoms with van der Waals surface area (Å²) < 4.78 is 0. The lowest BCUT2D eigenvalue weighted by Gasteiger charge is -2.30. The van der Waals surface area contributed by atoms with E-state index in [4.69, 9.17) is 0 Å². The fourth-order valence-electron chi connectivity index (χ4n) is 3.07. The fourth-order valence-corrected chi connectivity index (χ4v) is 3.07. The van der Waals surface area contributed by atoms with Gasteiger partial charge < -0.3 is 0 Å². The molecule has 0 bridgehead atoms. The molecule has 1 aliphatic heterocycles. The Balaban J connectivity index is 1.47. The number of piperidine rings is 1. The number of rotatable bonds is 5. The van der Waals surface area contributed by atoms with Crippen molar-refractivity contribution >= 4 is 5.78 Å². The van der Waals surface area contributed by atoms with Crippen LogP contribution in [0.5, 0.6) is 0 Å². The van der Waals surface area contributed by atoms with Gasteiger partial charge in [-0.25, -0.2) is 0 Å². The molecule has 0 atom stereocenters. The van der Waals surface area contributed by atoms with Gasteiger partial charge in [0, 0.05) is 12.1 Å². The third-order valence-electron chi connectivity index (χ3n) is 4.46. The molecule has 2 aromatic carbocycles. The minimum atomic E-state index is 0.109. The predicted molar refractivity (Wildman–Crippen MR) is 94.4 cm³/mol. The van der Waals surface area contributed by atoms with Crippen molar-refractivity contribution in [2.24, 2.45) is 5.92 Å². The van der Waals surface area contributed by atoms with Crippen LogP contribution in [0.4, 0.5) is 0 Å². The molecule has 0 radical (unpaired) electrons. The maximum absolute atomic E-state index is 12.1. The van der Waals surface area contributed by atoms with Gasteiger partial charge in [-0.3, -0.25) is 9.69 Å². The molecular formula is C21H23NO. The Morgan fingerprint density at radius 3 is 2.22 bits per heavy atom. The molecule has 0 N–H and O–H groups in total. The molecule has 3 rings (SSSR count). The van der Waals surface area contributed by atoms with E-state index < -0.39 is 0 Å². The van der Waals surface area contributed by atoms with E-state index in [0.717, 1.165) is 38.0 Å². The first-order valence-electron chi connectivity index (χ1n) is 8.35. The molecule has 0 aromatic heterocycles. The molecule has 2 heteroatoms. The molecule has 1 saturated heterocycles. The number of ketones is 1. The molecule has 1 aliphatic rings. The van der Waals surface area contributed by atoms with Crippen LogP contribution in [-0.2, 0) is 6.54 Å². The van der Waals surface area contributed by atoms with Crippen LogP contribution >= 0.6 is 0 Å². The smallest absolute Gasteiger partial charge is 0.185 e. The predicted octanol–water partition coefficient (Wildman–Crippen LogP) is 4.34. The molecule has 2 nitrogen and oxygen atoms in total. The minimum Gasteiger partial charge on any atom is -0.299 e. The van der Waals surface area contributed by atoms with Crippen molar-refractivity contribution in [3.8, 4) is 0 Å². The number of carbonyl (C=O) groups excluding carboxylic acids is 1. The molecule has 2 aromatic rings. The number of carbonyl (C=O) groups is 1. The van der Waals surface area contributed by atoms with Gasteiger partial charge >= 0.3 is 0 Å². The van der Waals surface area contributed by atoms with Crippen LogP contribution in [0.25, 0.3) is 0 Å². The van der Waals surface area contributed by atoms with Gasteiger partial charge in [-0.05, 0) is 43.5 Å². The number of likely N-dealkylation sites (tertiary alicyclic amines) is 1. The average molecular weight is 305 g/mol. The van der Waals surface area contributed by atoms with Crippen LogP contribution in [0, 0.1) is 5.92 Å². The van der Waals surface area contributed by atoms with E-state index in [1.165, 1.54) is 5.56 Å². The molecule has 0 unspecified atom stereocenters. The van der Waals surface area contributed by atoms with Crippen LogP contribution in [0.3, 0.4) is 0 Å². The van der Waals surface area contributed by atoms with E-state index in [1.54, 1.807) is 6.08 Å². The van der Waals surface area contributed by atoms with Crippen molar-refractivity contribution in [3.63, 3.8) is 0 Å². The maximum Gasteiger partial charge on any atom is 0.185 e. The summed E-state index contributed by atoms with van der Waals surface area (Å²) in [5.74, 6) is 0.631. The first-order valence-corrected chi connectivity index (χ1v) is 8.35. The number of nitrogens with zero attached hydrogens (tertiary/aromatic N) is 1. The maximum atomic E-state index is 12.1. The largest absolute Gasteiger partial charge is 0.299 e. The van der Waals surface area contributed by atoms with Crippen molar-refractivity contribution in [2.45, 2.75) is 19.4 Å². The van der Waals surface area contributed by atoms with E-state index in [1.807, 2.05) is 30.3 Å². The molecule has 118 valence electrons. The third-order valence-corrected chi connectivity index (χ3v) is 4.46. The van der Waals surface area contributed by atoms with Crippen LogP contribution in [0.15, 0.2) is 72.8 Å². The van der Waals surface area contributed by atoms with Crippen molar-refractivity contribution in [1.29, 1.82) is 0 Å². The SMILES string of the molecule is O=C(/C=C/C1CCN(Cc2ccccc2)CC1)c1ccccc1. The van der Waals surface area contributed by atoms with Gasteiger partial charge in [0.25, 0.3) is 0 Å². The van der Waals surface area contributed by atoms with Crippen molar-refractivity contribution in [1.82, 2.24) is 4.90 Å². The molecule has 0 saturated carbocycles. The quantitative estimate of drug-likeness (QED) is 0.605. The highest BCUT2D eigenvalue weighted by Crippen LogP contribution is 2.20. The molecular weight excluding hydrogens is 282 g/mol. The molecule has 0 spiro atoms. The lowest BCUT2D eigenvalue weighted by Crippen LogP contribution is -2.32. The van der Waals surface area contributed by atoms with Crippen molar-refractivity contribution < 1.29 is 4.79 Å². The summed E-state index contributed by atoms with van der Waals surface area (Å²) >= 11 is 0.